The second-order valence-corrected chi connectivity index (χ2v) is 5.90. The lowest BCUT2D eigenvalue weighted by molar-refractivity contribution is -0.115. The maximum absolute atomic E-state index is 12.2. The first-order chi connectivity index (χ1) is 13.3. The van der Waals surface area contributed by atoms with Crippen molar-refractivity contribution >= 4 is 11.6 Å². The number of oxazole rings is 1. The third-order valence-corrected chi connectivity index (χ3v) is 3.88. The average Bonchev–Trinajstić information content (AvgIpc) is 3.18. The van der Waals surface area contributed by atoms with Crippen LogP contribution in [0.15, 0.2) is 83.7 Å². The lowest BCUT2D eigenvalue weighted by Crippen LogP contribution is -2.15. The molecular formula is C21H16N4O2. The van der Waals surface area contributed by atoms with Crippen molar-refractivity contribution < 1.29 is 9.21 Å². The molecule has 0 bridgehead atoms. The van der Waals surface area contributed by atoms with Gasteiger partial charge < -0.3 is 9.73 Å². The Balaban J connectivity index is 1.39. The van der Waals surface area contributed by atoms with E-state index in [0.717, 1.165) is 11.1 Å². The first-order valence-electron chi connectivity index (χ1n) is 8.45. The minimum atomic E-state index is -0.209. The summed E-state index contributed by atoms with van der Waals surface area (Å²) in [6, 6.07) is 19.2. The van der Waals surface area contributed by atoms with Crippen molar-refractivity contribution in [1.82, 2.24) is 15.0 Å². The van der Waals surface area contributed by atoms with E-state index < -0.39 is 0 Å². The van der Waals surface area contributed by atoms with Gasteiger partial charge in [0, 0.05) is 11.1 Å². The van der Waals surface area contributed by atoms with Gasteiger partial charge >= 0.3 is 0 Å². The molecule has 2 aromatic heterocycles. The molecule has 0 aliphatic heterocycles. The van der Waals surface area contributed by atoms with Crippen LogP contribution in [0, 0.1) is 0 Å². The smallest absolute Gasteiger partial charge is 0.230 e. The van der Waals surface area contributed by atoms with E-state index in [1.54, 1.807) is 12.4 Å². The number of hydrogen-bond acceptors (Lipinski definition) is 5. The molecule has 0 radical (unpaired) electrons. The zero-order chi connectivity index (χ0) is 18.5. The third-order valence-electron chi connectivity index (χ3n) is 3.88. The second-order valence-electron chi connectivity index (χ2n) is 5.90. The summed E-state index contributed by atoms with van der Waals surface area (Å²) in [5.74, 6) is 0.894. The van der Waals surface area contributed by atoms with E-state index in [9.17, 15) is 4.79 Å². The maximum atomic E-state index is 12.2. The fraction of sp³-hybridized carbons (Fsp3) is 0.0476. The van der Waals surface area contributed by atoms with Crippen molar-refractivity contribution in [2.24, 2.45) is 0 Å². The molecule has 6 heteroatoms. The van der Waals surface area contributed by atoms with E-state index in [0.29, 0.717) is 23.1 Å². The molecule has 0 aliphatic carbocycles. The van der Waals surface area contributed by atoms with Crippen LogP contribution in [0.2, 0.25) is 0 Å². The van der Waals surface area contributed by atoms with Gasteiger partial charge in [-0.2, -0.15) is 0 Å². The van der Waals surface area contributed by atoms with E-state index in [-0.39, 0.29) is 12.3 Å². The van der Waals surface area contributed by atoms with E-state index in [4.69, 9.17) is 4.42 Å². The second kappa shape index (κ2) is 7.61. The minimum Gasteiger partial charge on any atom is -0.444 e. The number of carbonyl (C=O) groups excluding carboxylic acids is 1. The average molecular weight is 356 g/mol. The molecule has 132 valence electrons. The topological polar surface area (TPSA) is 80.9 Å². The summed E-state index contributed by atoms with van der Waals surface area (Å²) in [6.45, 7) is 0. The number of aromatic nitrogens is 3. The Hall–Kier alpha value is -3.80. The van der Waals surface area contributed by atoms with Gasteiger partial charge in [-0.05, 0) is 12.1 Å². The van der Waals surface area contributed by atoms with E-state index in [1.807, 2.05) is 60.7 Å². The molecule has 4 aromatic rings. The van der Waals surface area contributed by atoms with Gasteiger partial charge in [0.1, 0.15) is 6.26 Å². The molecule has 1 N–H and O–H groups in total. The molecule has 6 nitrogen and oxygen atoms in total. The Kier molecular flexibility index (Phi) is 4.70. The first kappa shape index (κ1) is 16.7. The van der Waals surface area contributed by atoms with Crippen LogP contribution >= 0.6 is 0 Å². The fourth-order valence-electron chi connectivity index (χ4n) is 2.60. The van der Waals surface area contributed by atoms with Gasteiger partial charge in [0.25, 0.3) is 0 Å². The number of nitrogens with zero attached hydrogens (tertiary/aromatic N) is 3. The van der Waals surface area contributed by atoms with Crippen molar-refractivity contribution in [3.05, 3.63) is 85.0 Å². The number of nitrogens with one attached hydrogen (secondary N) is 1. The van der Waals surface area contributed by atoms with Crippen LogP contribution in [0.25, 0.3) is 22.8 Å². The van der Waals surface area contributed by atoms with Gasteiger partial charge in [0.15, 0.2) is 5.82 Å². The van der Waals surface area contributed by atoms with Crippen LogP contribution in [0.5, 0.6) is 0 Å². The van der Waals surface area contributed by atoms with Gasteiger partial charge in [0.05, 0.1) is 30.2 Å². The summed E-state index contributed by atoms with van der Waals surface area (Å²) in [5.41, 5.74) is 2.89. The van der Waals surface area contributed by atoms with Crippen LogP contribution in [-0.4, -0.2) is 20.9 Å². The Labute approximate surface area is 155 Å². The number of anilines is 1. The van der Waals surface area contributed by atoms with Crippen molar-refractivity contribution in [3.8, 4) is 22.8 Å². The lowest BCUT2D eigenvalue weighted by Gasteiger charge is -2.04. The zero-order valence-electron chi connectivity index (χ0n) is 14.4. The van der Waals surface area contributed by atoms with Crippen LogP contribution in [0.4, 0.5) is 5.69 Å². The zero-order valence-corrected chi connectivity index (χ0v) is 14.4. The van der Waals surface area contributed by atoms with E-state index >= 15 is 0 Å². The van der Waals surface area contributed by atoms with Gasteiger partial charge in [-0.25, -0.2) is 15.0 Å². The summed E-state index contributed by atoms with van der Waals surface area (Å²) in [4.78, 5) is 25.2. The van der Waals surface area contributed by atoms with Gasteiger partial charge in [-0.3, -0.25) is 4.79 Å². The highest BCUT2D eigenvalue weighted by molar-refractivity contribution is 5.91. The largest absolute Gasteiger partial charge is 0.444 e. The molecule has 2 heterocycles. The number of carbonyl (C=O) groups is 1. The molecule has 0 spiro atoms. The van der Waals surface area contributed by atoms with Crippen LogP contribution < -0.4 is 5.32 Å². The molecule has 0 atom stereocenters. The minimum absolute atomic E-state index is 0.108. The van der Waals surface area contributed by atoms with E-state index in [2.05, 4.69) is 20.3 Å². The molecule has 27 heavy (non-hydrogen) atoms. The van der Waals surface area contributed by atoms with Gasteiger partial charge in [-0.1, -0.05) is 48.5 Å². The number of hydrogen-bond donors (Lipinski definition) is 1. The first-order valence-corrected chi connectivity index (χ1v) is 8.45. The van der Waals surface area contributed by atoms with Crippen LogP contribution in [0.3, 0.4) is 0 Å². The monoisotopic (exact) mass is 356 g/mol. The SMILES string of the molecule is O=C(Cc1coc(-c2ccccc2)n1)Nc1cnc(-c2ccccc2)nc1. The molecule has 0 unspecified atom stereocenters. The highest BCUT2D eigenvalue weighted by Gasteiger charge is 2.11. The fourth-order valence-corrected chi connectivity index (χ4v) is 2.60. The molecule has 4 rings (SSSR count). The summed E-state index contributed by atoms with van der Waals surface area (Å²) in [7, 11) is 0. The summed E-state index contributed by atoms with van der Waals surface area (Å²) in [6.07, 6.45) is 4.78. The van der Waals surface area contributed by atoms with E-state index in [1.165, 1.54) is 6.26 Å². The van der Waals surface area contributed by atoms with Crippen LogP contribution in [0.1, 0.15) is 5.69 Å². The highest BCUT2D eigenvalue weighted by atomic mass is 16.3. The maximum Gasteiger partial charge on any atom is 0.230 e. The van der Waals surface area contributed by atoms with Crippen molar-refractivity contribution in [2.45, 2.75) is 6.42 Å². The molecule has 0 aliphatic rings. The summed E-state index contributed by atoms with van der Waals surface area (Å²) in [5, 5.41) is 2.77. The third kappa shape index (κ3) is 4.07. The van der Waals surface area contributed by atoms with Crippen molar-refractivity contribution in [2.75, 3.05) is 5.32 Å². The number of benzene rings is 2. The standard InChI is InChI=1S/C21H16N4O2/c26-19(11-17-14-27-21(25-17)16-9-5-2-6-10-16)24-18-12-22-20(23-13-18)15-7-3-1-4-8-15/h1-10,12-14H,11H2,(H,24,26). The summed E-state index contributed by atoms with van der Waals surface area (Å²) < 4.78 is 5.45. The van der Waals surface area contributed by atoms with Gasteiger partial charge in [-0.15, -0.1) is 0 Å². The molecule has 2 aromatic carbocycles. The van der Waals surface area contributed by atoms with Crippen LogP contribution in [-0.2, 0) is 11.2 Å². The van der Waals surface area contributed by atoms with Crippen molar-refractivity contribution in [1.29, 1.82) is 0 Å². The Morgan fingerprint density at radius 1 is 0.889 bits per heavy atom. The number of amides is 1. The Morgan fingerprint density at radius 3 is 2.19 bits per heavy atom. The molecule has 0 fully saturated rings. The normalized spacial score (nSPS) is 10.5. The van der Waals surface area contributed by atoms with Gasteiger partial charge in [0.2, 0.25) is 11.8 Å². The molecule has 0 saturated carbocycles. The quantitative estimate of drug-likeness (QED) is 0.585. The number of rotatable bonds is 5. The molecule has 1 amide bonds. The highest BCUT2D eigenvalue weighted by Crippen LogP contribution is 2.19. The van der Waals surface area contributed by atoms with Crippen molar-refractivity contribution in [3.63, 3.8) is 0 Å². The summed E-state index contributed by atoms with van der Waals surface area (Å²) >= 11 is 0. The predicted molar refractivity (Wildman–Crippen MR) is 102 cm³/mol. The Bertz CT molecular complexity index is 1030. The predicted octanol–water partition coefficient (Wildman–Crippen LogP) is 3.98. The molecular weight excluding hydrogens is 340 g/mol. The molecule has 0 saturated heterocycles. The Morgan fingerprint density at radius 2 is 1.52 bits per heavy atom. The lowest BCUT2D eigenvalue weighted by atomic mass is 10.2.